The predicted molar refractivity (Wildman–Crippen MR) is 66.3 cm³/mol. The van der Waals surface area contributed by atoms with Crippen molar-refractivity contribution >= 4 is 34.1 Å². The maximum absolute atomic E-state index is 11.5. The van der Waals surface area contributed by atoms with Crippen LogP contribution in [0.1, 0.15) is 0 Å². The van der Waals surface area contributed by atoms with Crippen LogP contribution < -0.4 is 11.0 Å². The van der Waals surface area contributed by atoms with Crippen LogP contribution >= 0.6 is 23.1 Å². The minimum absolute atomic E-state index is 0.164. The summed E-state index contributed by atoms with van der Waals surface area (Å²) >= 11 is 2.59. The van der Waals surface area contributed by atoms with Gasteiger partial charge in [0.15, 0.2) is 5.13 Å². The van der Waals surface area contributed by atoms with E-state index >= 15 is 0 Å². The lowest BCUT2D eigenvalue weighted by Crippen LogP contribution is -2.15. The molecule has 0 saturated heterocycles. The van der Waals surface area contributed by atoms with Gasteiger partial charge < -0.3 is 10.3 Å². The van der Waals surface area contributed by atoms with Crippen molar-refractivity contribution in [2.24, 2.45) is 0 Å². The van der Waals surface area contributed by atoms with Crippen molar-refractivity contribution in [2.75, 3.05) is 11.1 Å². The number of H-pyrrole nitrogens is 1. The summed E-state index contributed by atoms with van der Waals surface area (Å²) in [5, 5.41) is 5.61. The summed E-state index contributed by atoms with van der Waals surface area (Å²) in [5.41, 5.74) is -0.421. The monoisotopic (exact) mass is 268 g/mol. The molecule has 0 fully saturated rings. The zero-order chi connectivity index (χ0) is 12.1. The Morgan fingerprint density at radius 2 is 2.35 bits per heavy atom. The predicted octanol–water partition coefficient (Wildman–Crippen LogP) is 0.957. The maximum Gasteiger partial charge on any atom is 0.345 e. The second-order valence-electron chi connectivity index (χ2n) is 2.91. The molecule has 88 valence electrons. The highest BCUT2D eigenvalue weighted by Gasteiger charge is 2.05. The Morgan fingerprint density at radius 1 is 1.47 bits per heavy atom. The lowest BCUT2D eigenvalue weighted by Gasteiger charge is -2.01. The molecule has 0 saturated carbocycles. The molecule has 0 aliphatic carbocycles. The van der Waals surface area contributed by atoms with Crippen molar-refractivity contribution in [3.05, 3.63) is 34.3 Å². The number of nitrogens with one attached hydrogen (secondary N) is 2. The molecule has 0 unspecified atom stereocenters. The summed E-state index contributed by atoms with van der Waals surface area (Å²) in [6.45, 7) is 0. The Balaban J connectivity index is 1.86. The number of hydrogen-bond donors (Lipinski definition) is 2. The van der Waals surface area contributed by atoms with Crippen molar-refractivity contribution in [3.8, 4) is 0 Å². The van der Waals surface area contributed by atoms with E-state index in [0.717, 1.165) is 0 Å². The maximum atomic E-state index is 11.5. The Labute approximate surface area is 105 Å². The first-order chi connectivity index (χ1) is 8.24. The molecule has 0 spiro atoms. The van der Waals surface area contributed by atoms with Crippen molar-refractivity contribution in [1.82, 2.24) is 15.0 Å². The molecule has 0 bridgehead atoms. The van der Waals surface area contributed by atoms with E-state index in [2.05, 4.69) is 20.3 Å². The number of aromatic nitrogens is 3. The average Bonchev–Trinajstić information content (AvgIpc) is 2.79. The molecule has 6 nitrogen and oxygen atoms in total. The van der Waals surface area contributed by atoms with E-state index in [0.29, 0.717) is 10.2 Å². The number of aromatic amines is 1. The van der Waals surface area contributed by atoms with Crippen LogP contribution in [0.25, 0.3) is 0 Å². The van der Waals surface area contributed by atoms with E-state index in [9.17, 15) is 9.59 Å². The number of nitrogens with zero attached hydrogens (tertiary/aromatic N) is 2. The quantitative estimate of drug-likeness (QED) is 0.637. The van der Waals surface area contributed by atoms with Gasteiger partial charge in [0.25, 0.3) is 0 Å². The summed E-state index contributed by atoms with van der Waals surface area (Å²) in [7, 11) is 0. The third kappa shape index (κ3) is 3.68. The SMILES string of the molecule is O=C(CSc1ccnc(=O)[nH]1)Nc1nccs1. The topological polar surface area (TPSA) is 87.7 Å². The van der Waals surface area contributed by atoms with E-state index in [-0.39, 0.29) is 11.7 Å². The molecular weight excluding hydrogens is 260 g/mol. The van der Waals surface area contributed by atoms with Gasteiger partial charge >= 0.3 is 5.69 Å². The van der Waals surface area contributed by atoms with Gasteiger partial charge in [-0.15, -0.1) is 11.3 Å². The minimum atomic E-state index is -0.421. The van der Waals surface area contributed by atoms with Crippen molar-refractivity contribution in [1.29, 1.82) is 0 Å². The molecule has 2 aromatic rings. The first-order valence-corrected chi connectivity index (χ1v) is 6.48. The second-order valence-corrected chi connectivity index (χ2v) is 4.83. The molecule has 1 amide bonds. The van der Waals surface area contributed by atoms with E-state index < -0.39 is 5.69 Å². The molecule has 2 N–H and O–H groups in total. The summed E-state index contributed by atoms with van der Waals surface area (Å²) in [6, 6.07) is 1.64. The molecule has 17 heavy (non-hydrogen) atoms. The molecule has 0 aliphatic heterocycles. The summed E-state index contributed by atoms with van der Waals surface area (Å²) < 4.78 is 0. The van der Waals surface area contributed by atoms with Crippen LogP contribution in [-0.2, 0) is 4.79 Å². The molecule has 2 rings (SSSR count). The summed E-state index contributed by atoms with van der Waals surface area (Å²) in [6.07, 6.45) is 3.02. The average molecular weight is 268 g/mol. The van der Waals surface area contributed by atoms with Gasteiger partial charge in [0, 0.05) is 17.8 Å². The van der Waals surface area contributed by atoms with E-state index in [4.69, 9.17) is 0 Å². The van der Waals surface area contributed by atoms with Gasteiger partial charge in [-0.3, -0.25) is 4.79 Å². The fourth-order valence-corrected chi connectivity index (χ4v) is 2.24. The fraction of sp³-hybridized carbons (Fsp3) is 0.111. The Kier molecular flexibility index (Phi) is 3.89. The number of anilines is 1. The van der Waals surface area contributed by atoms with Crippen LogP contribution in [-0.4, -0.2) is 26.6 Å². The van der Waals surface area contributed by atoms with Crippen molar-refractivity contribution in [2.45, 2.75) is 5.03 Å². The first-order valence-electron chi connectivity index (χ1n) is 4.61. The van der Waals surface area contributed by atoms with Crippen LogP contribution in [0.5, 0.6) is 0 Å². The highest BCUT2D eigenvalue weighted by atomic mass is 32.2. The summed E-state index contributed by atoms with van der Waals surface area (Å²) in [4.78, 5) is 32.4. The van der Waals surface area contributed by atoms with Gasteiger partial charge in [0.05, 0.1) is 10.8 Å². The molecule has 0 aromatic carbocycles. The van der Waals surface area contributed by atoms with E-state index in [1.54, 1.807) is 17.6 Å². The standard InChI is InChI=1S/C9H8N4O2S2/c14-6(12-9-11-3-4-16-9)5-17-7-1-2-10-8(15)13-7/h1-4H,5H2,(H,10,13,15)(H,11,12,14). The van der Waals surface area contributed by atoms with Crippen LogP contribution in [0, 0.1) is 0 Å². The summed E-state index contributed by atoms with van der Waals surface area (Å²) in [5.74, 6) is 0.0436. The molecule has 0 radical (unpaired) electrons. The van der Waals surface area contributed by atoms with Gasteiger partial charge in [0.1, 0.15) is 0 Å². The smallest absolute Gasteiger partial charge is 0.301 e. The number of amides is 1. The highest BCUT2D eigenvalue weighted by Crippen LogP contribution is 2.14. The third-order valence-corrected chi connectivity index (χ3v) is 3.33. The van der Waals surface area contributed by atoms with Crippen molar-refractivity contribution in [3.63, 3.8) is 0 Å². The van der Waals surface area contributed by atoms with E-state index in [1.165, 1.54) is 29.3 Å². The van der Waals surface area contributed by atoms with Gasteiger partial charge in [-0.1, -0.05) is 11.8 Å². The molecule has 0 atom stereocenters. The number of carbonyl (C=O) groups excluding carboxylic acids is 1. The largest absolute Gasteiger partial charge is 0.345 e. The van der Waals surface area contributed by atoms with Crippen LogP contribution in [0.15, 0.2) is 33.7 Å². The number of carbonyl (C=O) groups is 1. The highest BCUT2D eigenvalue weighted by molar-refractivity contribution is 7.99. The molecule has 2 heterocycles. The molecular formula is C9H8N4O2S2. The number of thioether (sulfide) groups is 1. The van der Waals surface area contributed by atoms with Gasteiger partial charge in [-0.25, -0.2) is 14.8 Å². The number of rotatable bonds is 4. The minimum Gasteiger partial charge on any atom is -0.301 e. The fourth-order valence-electron chi connectivity index (χ4n) is 1.02. The molecule has 0 aliphatic rings. The second kappa shape index (κ2) is 5.60. The zero-order valence-corrected chi connectivity index (χ0v) is 10.2. The number of thiazole rings is 1. The number of hydrogen-bond acceptors (Lipinski definition) is 6. The van der Waals surface area contributed by atoms with Crippen molar-refractivity contribution < 1.29 is 4.79 Å². The van der Waals surface area contributed by atoms with Gasteiger partial charge in [-0.05, 0) is 6.07 Å². The van der Waals surface area contributed by atoms with Gasteiger partial charge in [0.2, 0.25) is 5.91 Å². The Bertz CT molecular complexity index is 552. The zero-order valence-electron chi connectivity index (χ0n) is 8.54. The molecule has 8 heteroatoms. The van der Waals surface area contributed by atoms with Crippen LogP contribution in [0.3, 0.4) is 0 Å². The Hall–Kier alpha value is -1.67. The van der Waals surface area contributed by atoms with Crippen LogP contribution in [0.4, 0.5) is 5.13 Å². The van der Waals surface area contributed by atoms with Gasteiger partial charge in [-0.2, -0.15) is 0 Å². The normalized spacial score (nSPS) is 10.1. The molecule has 2 aromatic heterocycles. The van der Waals surface area contributed by atoms with Crippen LogP contribution in [0.2, 0.25) is 0 Å². The third-order valence-electron chi connectivity index (χ3n) is 1.69. The lowest BCUT2D eigenvalue weighted by atomic mass is 10.7. The first kappa shape index (κ1) is 11.8. The lowest BCUT2D eigenvalue weighted by molar-refractivity contribution is -0.113. The Morgan fingerprint density at radius 3 is 3.06 bits per heavy atom. The van der Waals surface area contributed by atoms with E-state index in [1.807, 2.05) is 0 Å².